The van der Waals surface area contributed by atoms with Gasteiger partial charge in [0, 0.05) is 12.8 Å². The molecule has 0 bridgehead atoms. The Hall–Kier alpha value is -1.06. The van der Waals surface area contributed by atoms with Gasteiger partial charge >= 0.3 is 11.9 Å². The van der Waals surface area contributed by atoms with Gasteiger partial charge in [-0.2, -0.15) is 0 Å². The summed E-state index contributed by atoms with van der Waals surface area (Å²) in [7, 11) is 0. The number of carboxylic acid groups (broad SMARTS) is 1. The topological polar surface area (TPSA) is 63.6 Å². The van der Waals surface area contributed by atoms with E-state index in [0.29, 0.717) is 19.4 Å². The molecule has 1 N–H and O–H groups in total. The lowest BCUT2D eigenvalue weighted by atomic mass is 10.0. The zero-order chi connectivity index (χ0) is 39.7. The van der Waals surface area contributed by atoms with Crippen molar-refractivity contribution in [2.75, 3.05) is 6.61 Å². The summed E-state index contributed by atoms with van der Waals surface area (Å²) in [6.07, 6.45) is 57.4. The molecule has 0 spiro atoms. The van der Waals surface area contributed by atoms with Crippen molar-refractivity contribution in [3.63, 3.8) is 0 Å². The molecule has 4 nitrogen and oxygen atoms in total. The van der Waals surface area contributed by atoms with E-state index in [-0.39, 0.29) is 5.97 Å². The average molecular weight is 765 g/mol. The van der Waals surface area contributed by atoms with E-state index in [4.69, 9.17) is 9.84 Å². The number of ether oxygens (including phenoxy) is 1. The van der Waals surface area contributed by atoms with Crippen LogP contribution in [0.3, 0.4) is 0 Å². The Kier molecular flexibility index (Phi) is 52.9. The van der Waals surface area contributed by atoms with Gasteiger partial charge in [-0.25, -0.2) is 0 Å². The molecule has 0 aliphatic rings. The van der Waals surface area contributed by atoms with Gasteiger partial charge in [0.15, 0.2) is 0 Å². The number of carboxylic acids is 1. The third-order valence-electron chi connectivity index (χ3n) is 11.2. The minimum atomic E-state index is -0.655. The van der Waals surface area contributed by atoms with Crippen LogP contribution >= 0.6 is 0 Å². The summed E-state index contributed by atoms with van der Waals surface area (Å²) in [5, 5.41) is 8.49. The first-order valence-corrected chi connectivity index (χ1v) is 25.0. The zero-order valence-corrected chi connectivity index (χ0v) is 37.5. The Labute approximate surface area is 340 Å². The average Bonchev–Trinajstić information content (AvgIpc) is 3.16. The Morgan fingerprint density at radius 2 is 0.500 bits per heavy atom. The molecule has 54 heavy (non-hydrogen) atoms. The fraction of sp³-hybridized carbons (Fsp3) is 0.960. The molecule has 0 heterocycles. The second-order valence-corrected chi connectivity index (χ2v) is 16.9. The van der Waals surface area contributed by atoms with Crippen molar-refractivity contribution in [3.05, 3.63) is 0 Å². The summed E-state index contributed by atoms with van der Waals surface area (Å²) in [6, 6.07) is 0. The van der Waals surface area contributed by atoms with Gasteiger partial charge in [0.1, 0.15) is 0 Å². The van der Waals surface area contributed by atoms with Gasteiger partial charge in [0.2, 0.25) is 0 Å². The van der Waals surface area contributed by atoms with E-state index in [2.05, 4.69) is 20.8 Å². The van der Waals surface area contributed by atoms with Crippen molar-refractivity contribution in [1.82, 2.24) is 0 Å². The lowest BCUT2D eigenvalue weighted by Crippen LogP contribution is -2.05. The maximum absolute atomic E-state index is 11.9. The predicted octanol–water partition coefficient (Wildman–Crippen LogP) is 17.8. The van der Waals surface area contributed by atoms with Crippen molar-refractivity contribution < 1.29 is 19.4 Å². The number of esters is 1. The molecule has 0 unspecified atom stereocenters. The molecule has 0 aromatic heterocycles. The molecule has 0 radical (unpaired) electrons. The van der Waals surface area contributed by atoms with Gasteiger partial charge in [0.25, 0.3) is 0 Å². The third-order valence-corrected chi connectivity index (χ3v) is 11.2. The number of unbranched alkanes of at least 4 members (excludes halogenated alkanes) is 39. The molecule has 0 aliphatic heterocycles. The molecule has 0 amide bonds. The first-order valence-electron chi connectivity index (χ1n) is 25.0. The smallest absolute Gasteiger partial charge is 0.305 e. The molecule has 0 rings (SSSR count). The van der Waals surface area contributed by atoms with Crippen molar-refractivity contribution in [2.24, 2.45) is 0 Å². The lowest BCUT2D eigenvalue weighted by Gasteiger charge is -2.06. The second kappa shape index (κ2) is 51.9. The molecule has 0 saturated carbocycles. The van der Waals surface area contributed by atoms with Crippen LogP contribution in [0.15, 0.2) is 0 Å². The predicted molar refractivity (Wildman–Crippen MR) is 239 cm³/mol. The molecule has 0 atom stereocenters. The maximum Gasteiger partial charge on any atom is 0.305 e. The minimum Gasteiger partial charge on any atom is -0.481 e. The van der Waals surface area contributed by atoms with E-state index < -0.39 is 5.97 Å². The molecule has 0 aliphatic carbocycles. The molecular formula is C50H100O4. The van der Waals surface area contributed by atoms with Gasteiger partial charge in [-0.1, -0.05) is 271 Å². The van der Waals surface area contributed by atoms with Crippen LogP contribution in [0, 0.1) is 0 Å². The van der Waals surface area contributed by atoms with Crippen LogP contribution in [0.5, 0.6) is 0 Å². The quantitative estimate of drug-likeness (QED) is 0.0495. The number of rotatable bonds is 45. The summed E-state index contributed by atoms with van der Waals surface area (Å²) < 4.78 is 5.43. The highest BCUT2D eigenvalue weighted by Crippen LogP contribution is 2.16. The second-order valence-electron chi connectivity index (χ2n) is 16.9. The molecule has 4 heteroatoms. The molecule has 0 aromatic carbocycles. The minimum absolute atomic E-state index is 0.0269. The molecular weight excluding hydrogens is 665 g/mol. The monoisotopic (exact) mass is 765 g/mol. The number of hydrogen-bond donors (Lipinski definition) is 1. The van der Waals surface area contributed by atoms with E-state index in [1.807, 2.05) is 0 Å². The first kappa shape index (κ1) is 55.0. The normalized spacial score (nSPS) is 11.1. The Bertz CT molecular complexity index is 692. The zero-order valence-electron chi connectivity index (χ0n) is 37.5. The van der Waals surface area contributed by atoms with Gasteiger partial charge in [0.05, 0.1) is 6.61 Å². The molecule has 0 aromatic rings. The number of carbonyl (C=O) groups excluding carboxylic acids is 1. The van der Waals surface area contributed by atoms with Crippen molar-refractivity contribution in [2.45, 2.75) is 303 Å². The summed E-state index contributed by atoms with van der Waals surface area (Å²) in [5.41, 5.74) is 0. The van der Waals surface area contributed by atoms with Crippen LogP contribution in [0.1, 0.15) is 303 Å². The molecule has 324 valence electrons. The van der Waals surface area contributed by atoms with Crippen LogP contribution in [0.2, 0.25) is 0 Å². The van der Waals surface area contributed by atoms with Gasteiger partial charge in [-0.05, 0) is 19.3 Å². The van der Waals surface area contributed by atoms with E-state index >= 15 is 0 Å². The highest BCUT2D eigenvalue weighted by atomic mass is 16.5. The molecule has 0 saturated heterocycles. The van der Waals surface area contributed by atoms with E-state index in [1.165, 1.54) is 244 Å². The highest BCUT2D eigenvalue weighted by molar-refractivity contribution is 5.69. The van der Waals surface area contributed by atoms with E-state index in [1.54, 1.807) is 0 Å². The van der Waals surface area contributed by atoms with Crippen LogP contribution in [-0.2, 0) is 14.3 Å². The van der Waals surface area contributed by atoms with E-state index in [0.717, 1.165) is 25.7 Å². The lowest BCUT2D eigenvalue weighted by molar-refractivity contribution is -0.144. The van der Waals surface area contributed by atoms with E-state index in [9.17, 15) is 9.59 Å². The summed E-state index contributed by atoms with van der Waals surface area (Å²) >= 11 is 0. The summed E-state index contributed by atoms with van der Waals surface area (Å²) in [6.45, 7) is 7.47. The van der Waals surface area contributed by atoms with Gasteiger partial charge in [-0.3, -0.25) is 9.59 Å². The molecule has 0 fully saturated rings. The van der Waals surface area contributed by atoms with Crippen molar-refractivity contribution >= 4 is 11.9 Å². The van der Waals surface area contributed by atoms with Crippen molar-refractivity contribution in [1.29, 1.82) is 0 Å². The largest absolute Gasteiger partial charge is 0.481 e. The van der Waals surface area contributed by atoms with Gasteiger partial charge in [-0.15, -0.1) is 0 Å². The summed E-state index contributed by atoms with van der Waals surface area (Å²) in [4.78, 5) is 22.2. The number of hydrogen-bond acceptors (Lipinski definition) is 3. The van der Waals surface area contributed by atoms with Crippen LogP contribution in [0.25, 0.3) is 0 Å². The van der Waals surface area contributed by atoms with Crippen LogP contribution in [0.4, 0.5) is 0 Å². The number of aliphatic carboxylic acids is 1. The Balaban J connectivity index is 0. The third kappa shape index (κ3) is 55.3. The number of carbonyl (C=O) groups is 2. The Morgan fingerprint density at radius 3 is 0.741 bits per heavy atom. The van der Waals surface area contributed by atoms with Crippen molar-refractivity contribution in [3.8, 4) is 0 Å². The fourth-order valence-electron chi connectivity index (χ4n) is 7.49. The Morgan fingerprint density at radius 1 is 0.296 bits per heavy atom. The highest BCUT2D eigenvalue weighted by Gasteiger charge is 2.03. The first-order chi connectivity index (χ1) is 26.6. The van der Waals surface area contributed by atoms with Gasteiger partial charge < -0.3 is 9.84 Å². The standard InChI is InChI=1S/C34H68O2.C16H32O2/c1-3-5-7-9-11-13-15-17-18-19-21-23-25-27-29-31-33-36-34(35)32-30-28-26-24-22-20-16-14-12-10-8-6-4-2;1-2-3-4-5-6-7-8-9-10-11-12-13-14-15-16(17)18/h3-33H2,1-2H3;2-15H2,1H3,(H,17,18). The van der Waals surface area contributed by atoms with Crippen LogP contribution < -0.4 is 0 Å². The maximum atomic E-state index is 11.9. The summed E-state index contributed by atoms with van der Waals surface area (Å²) in [5.74, 6) is -0.628. The fourth-order valence-corrected chi connectivity index (χ4v) is 7.49. The SMILES string of the molecule is CCCCCCCCCCCCCCCC(=O)O.CCCCCCCCCCCCCCCCCCOC(=O)CCCCCCCCCCCCCCC. The van der Waals surface area contributed by atoms with Crippen LogP contribution in [-0.4, -0.2) is 23.7 Å².